The molecule has 8 heteroatoms. The number of quaternary nitrogens is 1. The van der Waals surface area contributed by atoms with Crippen molar-refractivity contribution in [1.29, 1.82) is 0 Å². The van der Waals surface area contributed by atoms with Crippen LogP contribution in [0, 0.1) is 0 Å². The Balaban J connectivity index is 2.15. The number of nitrogens with zero attached hydrogens (tertiary/aromatic N) is 1. The molecule has 42 heavy (non-hydrogen) atoms. The van der Waals surface area contributed by atoms with Crippen LogP contribution in [0.3, 0.4) is 0 Å². The van der Waals surface area contributed by atoms with E-state index in [0.717, 1.165) is 25.8 Å². The SMILES string of the molecule is CCCCCCCCCCCCCCCCCCOCC(CNCCc1ccccc1)OP(=O)(O)OCC[N+](C)(C)C. The van der Waals surface area contributed by atoms with Crippen molar-refractivity contribution >= 4 is 7.82 Å². The van der Waals surface area contributed by atoms with Gasteiger partial charge in [0, 0.05) is 13.2 Å². The molecule has 0 bridgehead atoms. The summed E-state index contributed by atoms with van der Waals surface area (Å²) in [5, 5.41) is 3.35. The van der Waals surface area contributed by atoms with E-state index in [1.54, 1.807) is 0 Å². The highest BCUT2D eigenvalue weighted by molar-refractivity contribution is 7.47. The third kappa shape index (κ3) is 25.7. The molecule has 1 aromatic rings. The van der Waals surface area contributed by atoms with Crippen molar-refractivity contribution in [2.75, 3.05) is 60.6 Å². The number of phosphoric ester groups is 1. The summed E-state index contributed by atoms with van der Waals surface area (Å²) in [6.45, 7) is 5.13. The molecule has 246 valence electrons. The van der Waals surface area contributed by atoms with E-state index < -0.39 is 13.9 Å². The molecule has 2 N–H and O–H groups in total. The molecule has 0 aliphatic carbocycles. The molecule has 2 atom stereocenters. The second-order valence-corrected chi connectivity index (χ2v) is 14.3. The Bertz CT molecular complexity index is 775. The predicted molar refractivity (Wildman–Crippen MR) is 177 cm³/mol. The first-order valence-electron chi connectivity index (χ1n) is 17.0. The predicted octanol–water partition coefficient (Wildman–Crippen LogP) is 8.31. The minimum absolute atomic E-state index is 0.158. The molecule has 0 heterocycles. The molecule has 7 nitrogen and oxygen atoms in total. The average Bonchev–Trinajstić information content (AvgIpc) is 2.94. The summed E-state index contributed by atoms with van der Waals surface area (Å²) in [6, 6.07) is 10.3. The third-order valence-electron chi connectivity index (χ3n) is 7.55. The van der Waals surface area contributed by atoms with Gasteiger partial charge in [0.2, 0.25) is 0 Å². The fourth-order valence-electron chi connectivity index (χ4n) is 4.88. The molecule has 0 fully saturated rings. The molecule has 0 saturated carbocycles. The average molecular weight is 614 g/mol. The first-order valence-corrected chi connectivity index (χ1v) is 18.5. The van der Waals surface area contributed by atoms with Gasteiger partial charge in [-0.05, 0) is 24.9 Å². The van der Waals surface area contributed by atoms with Crippen LogP contribution in [0.5, 0.6) is 0 Å². The van der Waals surface area contributed by atoms with Gasteiger partial charge in [0.1, 0.15) is 19.3 Å². The van der Waals surface area contributed by atoms with Gasteiger partial charge in [-0.3, -0.25) is 9.05 Å². The molecular formula is C34H66N2O5P+. The van der Waals surface area contributed by atoms with E-state index in [0.29, 0.717) is 24.2 Å². The van der Waals surface area contributed by atoms with Crippen LogP contribution in [0.15, 0.2) is 30.3 Å². The van der Waals surface area contributed by atoms with Gasteiger partial charge in [0.05, 0.1) is 27.7 Å². The van der Waals surface area contributed by atoms with Gasteiger partial charge in [-0.1, -0.05) is 134 Å². The van der Waals surface area contributed by atoms with Crippen molar-refractivity contribution in [2.45, 2.75) is 122 Å². The fraction of sp³-hybridized carbons (Fsp3) is 0.824. The Labute approximate surface area is 259 Å². The summed E-state index contributed by atoms with van der Waals surface area (Å²) in [5.74, 6) is 0. The highest BCUT2D eigenvalue weighted by Crippen LogP contribution is 2.44. The fourth-order valence-corrected chi connectivity index (χ4v) is 5.77. The zero-order chi connectivity index (χ0) is 30.8. The molecule has 2 unspecified atom stereocenters. The number of unbranched alkanes of at least 4 members (excludes halogenated alkanes) is 15. The lowest BCUT2D eigenvalue weighted by Gasteiger charge is -2.25. The van der Waals surface area contributed by atoms with Crippen LogP contribution in [-0.4, -0.2) is 76.1 Å². The van der Waals surface area contributed by atoms with E-state index in [1.807, 2.05) is 39.3 Å². The van der Waals surface area contributed by atoms with Crippen molar-refractivity contribution in [3.63, 3.8) is 0 Å². The molecule has 0 aromatic heterocycles. The number of rotatable bonds is 30. The van der Waals surface area contributed by atoms with Crippen molar-refractivity contribution in [3.8, 4) is 0 Å². The maximum atomic E-state index is 12.6. The van der Waals surface area contributed by atoms with E-state index >= 15 is 0 Å². The van der Waals surface area contributed by atoms with Crippen LogP contribution < -0.4 is 5.32 Å². The third-order valence-corrected chi connectivity index (χ3v) is 8.62. The molecular weight excluding hydrogens is 547 g/mol. The first kappa shape index (κ1) is 39.2. The largest absolute Gasteiger partial charge is 0.472 e. The summed E-state index contributed by atoms with van der Waals surface area (Å²) in [7, 11) is 1.87. The number of benzene rings is 1. The van der Waals surface area contributed by atoms with Crippen LogP contribution in [0.1, 0.15) is 115 Å². The monoisotopic (exact) mass is 613 g/mol. The van der Waals surface area contributed by atoms with Crippen LogP contribution in [0.25, 0.3) is 0 Å². The van der Waals surface area contributed by atoms with E-state index in [4.69, 9.17) is 13.8 Å². The van der Waals surface area contributed by atoms with E-state index in [9.17, 15) is 9.46 Å². The van der Waals surface area contributed by atoms with Gasteiger partial charge in [-0.25, -0.2) is 4.57 Å². The smallest absolute Gasteiger partial charge is 0.379 e. The first-order chi connectivity index (χ1) is 20.2. The van der Waals surface area contributed by atoms with Gasteiger partial charge in [-0.15, -0.1) is 0 Å². The van der Waals surface area contributed by atoms with Crippen molar-refractivity contribution in [3.05, 3.63) is 35.9 Å². The van der Waals surface area contributed by atoms with E-state index in [-0.39, 0.29) is 13.2 Å². The minimum atomic E-state index is -4.17. The lowest BCUT2D eigenvalue weighted by molar-refractivity contribution is -0.870. The highest BCUT2D eigenvalue weighted by Gasteiger charge is 2.27. The molecule has 1 aromatic carbocycles. The summed E-state index contributed by atoms with van der Waals surface area (Å²) < 4.78 is 29.9. The normalized spacial score (nSPS) is 14.2. The zero-order valence-corrected chi connectivity index (χ0v) is 28.6. The summed E-state index contributed by atoms with van der Waals surface area (Å²) >= 11 is 0. The standard InChI is InChI=1S/C34H65N2O5P/c1-5-6-7-8-9-10-11-12-13-14-15-16-17-18-19-23-29-39-32-34(31-35-27-26-33-24-21-20-22-25-33)41-42(37,38)40-30-28-36(2,3)4/h20-22,24-25,34-35H,5-19,23,26-32H2,1-4H3/p+1. The Morgan fingerprint density at radius 1 is 0.786 bits per heavy atom. The van der Waals surface area contributed by atoms with Crippen LogP contribution in [0.2, 0.25) is 0 Å². The maximum absolute atomic E-state index is 12.6. The Hall–Kier alpha value is -0.790. The van der Waals surface area contributed by atoms with Crippen molar-refractivity contribution in [2.24, 2.45) is 0 Å². The van der Waals surface area contributed by atoms with E-state index in [2.05, 4.69) is 24.4 Å². The quantitative estimate of drug-likeness (QED) is 0.0516. The van der Waals surface area contributed by atoms with Crippen LogP contribution in [0.4, 0.5) is 0 Å². The molecule has 0 amide bonds. The number of hydrogen-bond acceptors (Lipinski definition) is 5. The molecule has 0 aliphatic heterocycles. The van der Waals surface area contributed by atoms with Crippen LogP contribution in [-0.2, 0) is 24.8 Å². The Kier molecular flexibility index (Phi) is 23.8. The Morgan fingerprint density at radius 3 is 1.83 bits per heavy atom. The molecule has 1 rings (SSSR count). The topological polar surface area (TPSA) is 77.0 Å². The van der Waals surface area contributed by atoms with Gasteiger partial charge in [-0.2, -0.15) is 0 Å². The Morgan fingerprint density at radius 2 is 1.31 bits per heavy atom. The van der Waals surface area contributed by atoms with Crippen molar-refractivity contribution in [1.82, 2.24) is 5.32 Å². The second-order valence-electron chi connectivity index (χ2n) is 12.9. The lowest BCUT2D eigenvalue weighted by atomic mass is 10.0. The van der Waals surface area contributed by atoms with Gasteiger partial charge >= 0.3 is 7.82 Å². The summed E-state index contributed by atoms with van der Waals surface area (Å²) in [6.07, 6.45) is 21.8. The number of phosphoric acid groups is 1. The molecule has 0 radical (unpaired) electrons. The van der Waals surface area contributed by atoms with Crippen LogP contribution >= 0.6 is 7.82 Å². The molecule has 0 saturated heterocycles. The number of nitrogens with one attached hydrogen (secondary N) is 1. The van der Waals surface area contributed by atoms with Gasteiger partial charge in [0.15, 0.2) is 0 Å². The van der Waals surface area contributed by atoms with Crippen molar-refractivity contribution < 1.29 is 27.7 Å². The lowest BCUT2D eigenvalue weighted by Crippen LogP contribution is -2.37. The number of likely N-dealkylation sites (N-methyl/N-ethyl adjacent to an activating group) is 1. The highest BCUT2D eigenvalue weighted by atomic mass is 31.2. The minimum Gasteiger partial charge on any atom is -0.379 e. The zero-order valence-electron chi connectivity index (χ0n) is 27.7. The number of ether oxygens (including phenoxy) is 1. The molecule has 0 spiro atoms. The van der Waals surface area contributed by atoms with Gasteiger partial charge in [0.25, 0.3) is 0 Å². The second kappa shape index (κ2) is 25.5. The number of hydrogen-bond donors (Lipinski definition) is 2. The summed E-state index contributed by atoms with van der Waals surface area (Å²) in [5.41, 5.74) is 1.25. The summed E-state index contributed by atoms with van der Waals surface area (Å²) in [4.78, 5) is 10.3. The maximum Gasteiger partial charge on any atom is 0.472 e. The van der Waals surface area contributed by atoms with E-state index in [1.165, 1.54) is 95.5 Å². The molecule has 0 aliphatic rings. The van der Waals surface area contributed by atoms with Gasteiger partial charge < -0.3 is 19.4 Å².